The number of halogens is 3. The van der Waals surface area contributed by atoms with Gasteiger partial charge in [-0.2, -0.15) is 4.98 Å². The smallest absolute Gasteiger partial charge is 0.258 e. The van der Waals surface area contributed by atoms with Gasteiger partial charge in [-0.15, -0.1) is 11.6 Å². The van der Waals surface area contributed by atoms with Crippen molar-refractivity contribution in [3.05, 3.63) is 32.6 Å². The Hall–Kier alpha value is -0.330. The highest BCUT2D eigenvalue weighted by Gasteiger charge is 2.16. The summed E-state index contributed by atoms with van der Waals surface area (Å²) in [6.07, 6.45) is 1.81. The molecule has 18 heavy (non-hydrogen) atoms. The van der Waals surface area contributed by atoms with Crippen molar-refractivity contribution < 1.29 is 4.52 Å². The lowest BCUT2D eigenvalue weighted by atomic mass is 10.2. The van der Waals surface area contributed by atoms with E-state index in [-0.39, 0.29) is 5.38 Å². The molecule has 3 nitrogen and oxygen atoms in total. The summed E-state index contributed by atoms with van der Waals surface area (Å²) in [5.41, 5.74) is 0.805. The van der Waals surface area contributed by atoms with E-state index in [4.69, 9.17) is 27.7 Å². The molecule has 0 aliphatic heterocycles. The lowest BCUT2D eigenvalue weighted by Gasteiger charge is -2.00. The van der Waals surface area contributed by atoms with Gasteiger partial charge in [-0.25, -0.2) is 0 Å². The molecule has 1 heterocycles. The minimum atomic E-state index is -0.202. The molecule has 0 N–H and O–H groups in total. The number of alkyl halides is 1. The normalized spacial score (nSPS) is 12.7. The van der Waals surface area contributed by atoms with E-state index in [2.05, 4.69) is 39.7 Å². The number of nitrogens with zero attached hydrogens (tertiary/aromatic N) is 2. The van der Waals surface area contributed by atoms with Crippen LogP contribution in [0.15, 0.2) is 22.7 Å². The zero-order valence-corrected chi connectivity index (χ0v) is 13.3. The van der Waals surface area contributed by atoms with Crippen molar-refractivity contribution in [2.45, 2.75) is 25.1 Å². The van der Waals surface area contributed by atoms with Crippen LogP contribution in [0.2, 0.25) is 5.02 Å². The van der Waals surface area contributed by atoms with Gasteiger partial charge in [0.25, 0.3) is 5.89 Å². The second-order valence-electron chi connectivity index (χ2n) is 3.84. The summed E-state index contributed by atoms with van der Waals surface area (Å²) >= 11 is 14.4. The van der Waals surface area contributed by atoms with Gasteiger partial charge in [-0.05, 0) is 47.2 Å². The summed E-state index contributed by atoms with van der Waals surface area (Å²) in [6, 6.07) is 5.62. The molecule has 0 radical (unpaired) electrons. The van der Waals surface area contributed by atoms with Crippen molar-refractivity contribution in [1.82, 2.24) is 10.1 Å². The predicted octanol–water partition coefficient (Wildman–Crippen LogP) is 5.07. The first-order chi connectivity index (χ1) is 8.61. The molecule has 1 aromatic heterocycles. The summed E-state index contributed by atoms with van der Waals surface area (Å²) in [6.45, 7) is 2.06. The van der Waals surface area contributed by atoms with E-state index in [1.165, 1.54) is 0 Å². The fraction of sp³-hybridized carbons (Fsp3) is 0.333. The number of aromatic nitrogens is 2. The van der Waals surface area contributed by atoms with Gasteiger partial charge < -0.3 is 4.52 Å². The maximum absolute atomic E-state index is 6.15. The van der Waals surface area contributed by atoms with Crippen LogP contribution in [0.1, 0.15) is 31.0 Å². The molecule has 0 aliphatic carbocycles. The highest BCUT2D eigenvalue weighted by atomic mass is 127. The van der Waals surface area contributed by atoms with Crippen LogP contribution in [0, 0.1) is 3.57 Å². The molecule has 1 atom stereocenters. The van der Waals surface area contributed by atoms with Crippen LogP contribution in [0.25, 0.3) is 11.5 Å². The monoisotopic (exact) mass is 396 g/mol. The molecule has 2 aromatic rings. The molecule has 0 saturated heterocycles. The number of hydrogen-bond donors (Lipinski definition) is 0. The van der Waals surface area contributed by atoms with Crippen molar-refractivity contribution >= 4 is 45.8 Å². The van der Waals surface area contributed by atoms with Gasteiger partial charge in [0, 0.05) is 9.13 Å². The second kappa shape index (κ2) is 6.21. The van der Waals surface area contributed by atoms with Crippen LogP contribution in [-0.2, 0) is 0 Å². The van der Waals surface area contributed by atoms with Gasteiger partial charge in [0.2, 0.25) is 0 Å². The third-order valence-electron chi connectivity index (χ3n) is 2.43. The molecule has 2 rings (SSSR count). The fourth-order valence-electron chi connectivity index (χ4n) is 1.49. The minimum absolute atomic E-state index is 0.202. The lowest BCUT2D eigenvalue weighted by Crippen LogP contribution is -1.92. The van der Waals surface area contributed by atoms with E-state index in [0.717, 1.165) is 22.0 Å². The quantitative estimate of drug-likeness (QED) is 0.534. The number of rotatable bonds is 4. The van der Waals surface area contributed by atoms with Gasteiger partial charge in [0.1, 0.15) is 0 Å². The topological polar surface area (TPSA) is 38.9 Å². The Balaban J connectivity index is 2.26. The van der Waals surface area contributed by atoms with Gasteiger partial charge >= 0.3 is 0 Å². The van der Waals surface area contributed by atoms with E-state index in [9.17, 15) is 0 Å². The average Bonchev–Trinajstić information content (AvgIpc) is 2.82. The first-order valence-electron chi connectivity index (χ1n) is 5.55. The minimum Gasteiger partial charge on any atom is -0.334 e. The number of benzene rings is 1. The second-order valence-corrected chi connectivity index (χ2v) is 5.94. The molecule has 0 aliphatic rings. The summed E-state index contributed by atoms with van der Waals surface area (Å²) < 4.78 is 6.19. The Kier molecular flexibility index (Phi) is 4.86. The molecule has 0 bridgehead atoms. The summed E-state index contributed by atoms with van der Waals surface area (Å²) in [5, 5.41) is 4.37. The van der Waals surface area contributed by atoms with Crippen LogP contribution in [0.3, 0.4) is 0 Å². The van der Waals surface area contributed by atoms with Gasteiger partial charge in [0.05, 0.1) is 10.4 Å². The summed E-state index contributed by atoms with van der Waals surface area (Å²) in [4.78, 5) is 4.30. The Bertz CT molecular complexity index is 545. The van der Waals surface area contributed by atoms with E-state index in [0.29, 0.717) is 16.7 Å². The Morgan fingerprint density at radius 1 is 1.44 bits per heavy atom. The maximum Gasteiger partial charge on any atom is 0.258 e. The third-order valence-corrected chi connectivity index (χ3v) is 4.42. The molecule has 6 heteroatoms. The van der Waals surface area contributed by atoms with E-state index in [1.807, 2.05) is 18.2 Å². The molecule has 0 saturated carbocycles. The molecule has 1 unspecified atom stereocenters. The lowest BCUT2D eigenvalue weighted by molar-refractivity contribution is 0.420. The van der Waals surface area contributed by atoms with Crippen LogP contribution >= 0.6 is 45.8 Å². The molecule has 1 aromatic carbocycles. The fourth-order valence-corrected chi connectivity index (χ4v) is 2.31. The average molecular weight is 397 g/mol. The van der Waals surface area contributed by atoms with E-state index < -0.39 is 0 Å². The summed E-state index contributed by atoms with van der Waals surface area (Å²) in [5.74, 6) is 0.980. The molecular weight excluding hydrogens is 386 g/mol. The SMILES string of the molecule is CCCC(Cl)c1noc(-c2ccc(I)c(Cl)c2)n1. The standard InChI is InChI=1S/C12H11Cl2IN2O/c1-2-3-8(13)11-16-12(18-17-11)7-4-5-10(15)9(14)6-7/h4-6,8H,2-3H2,1H3. The Morgan fingerprint density at radius 3 is 2.89 bits per heavy atom. The van der Waals surface area contributed by atoms with Crippen LogP contribution in [-0.4, -0.2) is 10.1 Å². The van der Waals surface area contributed by atoms with Gasteiger partial charge in [-0.3, -0.25) is 0 Å². The first kappa shape index (κ1) is 14.1. The zero-order valence-electron chi connectivity index (χ0n) is 9.66. The maximum atomic E-state index is 6.15. The number of hydrogen-bond acceptors (Lipinski definition) is 3. The largest absolute Gasteiger partial charge is 0.334 e. The molecular formula is C12H11Cl2IN2O. The Morgan fingerprint density at radius 2 is 2.22 bits per heavy atom. The van der Waals surface area contributed by atoms with Crippen molar-refractivity contribution in [2.24, 2.45) is 0 Å². The van der Waals surface area contributed by atoms with Crippen LogP contribution in [0.5, 0.6) is 0 Å². The highest BCUT2D eigenvalue weighted by molar-refractivity contribution is 14.1. The van der Waals surface area contributed by atoms with Crippen LogP contribution < -0.4 is 0 Å². The van der Waals surface area contributed by atoms with Crippen molar-refractivity contribution in [1.29, 1.82) is 0 Å². The molecule has 0 amide bonds. The molecule has 96 valence electrons. The molecule has 0 fully saturated rings. The van der Waals surface area contributed by atoms with E-state index >= 15 is 0 Å². The molecule has 0 spiro atoms. The van der Waals surface area contributed by atoms with Crippen LogP contribution in [0.4, 0.5) is 0 Å². The zero-order chi connectivity index (χ0) is 13.1. The summed E-state index contributed by atoms with van der Waals surface area (Å²) in [7, 11) is 0. The third kappa shape index (κ3) is 3.16. The predicted molar refractivity (Wildman–Crippen MR) is 81.0 cm³/mol. The van der Waals surface area contributed by atoms with Crippen molar-refractivity contribution in [2.75, 3.05) is 0 Å². The first-order valence-corrected chi connectivity index (χ1v) is 7.44. The van der Waals surface area contributed by atoms with Gasteiger partial charge in [-0.1, -0.05) is 30.1 Å². The van der Waals surface area contributed by atoms with Gasteiger partial charge in [0.15, 0.2) is 5.82 Å². The highest BCUT2D eigenvalue weighted by Crippen LogP contribution is 2.28. The Labute approximate surface area is 129 Å². The van der Waals surface area contributed by atoms with Crippen molar-refractivity contribution in [3.8, 4) is 11.5 Å². The van der Waals surface area contributed by atoms with E-state index in [1.54, 1.807) is 0 Å². The van der Waals surface area contributed by atoms with Crippen molar-refractivity contribution in [3.63, 3.8) is 0 Å².